The molecule has 1 aromatic heterocycles. The molecule has 10 N–H and O–H groups in total. The number of ether oxygens (including phenoxy) is 1. The lowest BCUT2D eigenvalue weighted by molar-refractivity contribution is 0.0690. The number of carboxylic acid groups (broad SMARTS) is 1. The van der Waals surface area contributed by atoms with E-state index in [9.17, 15) is 4.79 Å². The van der Waals surface area contributed by atoms with E-state index >= 15 is 0 Å². The lowest BCUT2D eigenvalue weighted by Gasteiger charge is -2.06. The Balaban J connectivity index is 0.000000548. The number of carbonyl (C=O) groups is 1. The third kappa shape index (κ3) is 15.6. The van der Waals surface area contributed by atoms with Crippen molar-refractivity contribution in [2.75, 3.05) is 22.9 Å². The van der Waals surface area contributed by atoms with Gasteiger partial charge in [-0.05, 0) is 89.3 Å². The molecule has 0 aliphatic rings. The summed E-state index contributed by atoms with van der Waals surface area (Å²) in [7, 11) is 0. The number of benzene rings is 4. The van der Waals surface area contributed by atoms with Crippen LogP contribution in [0.5, 0.6) is 17.2 Å². The van der Waals surface area contributed by atoms with Gasteiger partial charge >= 0.3 is 5.97 Å². The summed E-state index contributed by atoms with van der Waals surface area (Å²) in [5.74, 6) is 0.641. The monoisotopic (exact) mass is 683 g/mol. The zero-order chi connectivity index (χ0) is 29.3. The van der Waals surface area contributed by atoms with Crippen molar-refractivity contribution >= 4 is 51.3 Å². The first kappa shape index (κ1) is 37.0. The number of aromatic nitrogens is 1. The van der Waals surface area contributed by atoms with Crippen LogP contribution in [0.15, 0.2) is 121 Å². The van der Waals surface area contributed by atoms with E-state index in [1.54, 1.807) is 42.5 Å². The van der Waals surface area contributed by atoms with E-state index in [-0.39, 0.29) is 26.3 Å². The van der Waals surface area contributed by atoms with Gasteiger partial charge in [0.05, 0.1) is 0 Å². The number of aromatic hydroxyl groups is 1. The van der Waals surface area contributed by atoms with Crippen LogP contribution in [0, 0.1) is 3.57 Å². The van der Waals surface area contributed by atoms with Gasteiger partial charge in [0.15, 0.2) is 0 Å². The van der Waals surface area contributed by atoms with E-state index < -0.39 is 5.97 Å². The van der Waals surface area contributed by atoms with E-state index in [1.807, 2.05) is 60.7 Å². The van der Waals surface area contributed by atoms with Gasteiger partial charge in [-0.15, -0.1) is 0 Å². The van der Waals surface area contributed by atoms with E-state index in [0.29, 0.717) is 28.6 Å². The molecule has 0 saturated carbocycles. The second-order valence-electron chi connectivity index (χ2n) is 7.92. The number of nitrogens with two attached hydrogens (primary N) is 4. The fourth-order valence-electron chi connectivity index (χ4n) is 2.81. The molecule has 0 aliphatic carbocycles. The van der Waals surface area contributed by atoms with Crippen molar-refractivity contribution in [1.29, 1.82) is 0 Å². The standard InChI is InChI=1S/C12H12N2O.C6H6IN.C6H5NO2.C6H7NO.2CH4/c13-9-3-1-5-11(7-9)15-12-6-2-4-10(14)8-12;7-5-2-1-3-6(8)4-5;8-6(9)5-3-1-2-4-7-5;7-5-2-1-3-6(8)4-5;;/h1-8H,13-14H2;1-4H,8H2;1-4H,(H,8,9);1-4,8H,7H2;2*1H4. The van der Waals surface area contributed by atoms with Crippen molar-refractivity contribution in [3.05, 3.63) is 131 Å². The van der Waals surface area contributed by atoms with E-state index in [0.717, 1.165) is 5.69 Å². The molecule has 42 heavy (non-hydrogen) atoms. The number of rotatable bonds is 3. The normalized spacial score (nSPS) is 8.88. The van der Waals surface area contributed by atoms with Crippen LogP contribution in [0.25, 0.3) is 0 Å². The summed E-state index contributed by atoms with van der Waals surface area (Å²) in [6.07, 6.45) is 1.45. The third-order valence-electron chi connectivity index (χ3n) is 4.55. The number of anilines is 4. The molecule has 5 aromatic rings. The number of phenolic OH excluding ortho intramolecular Hbond substituents is 1. The van der Waals surface area contributed by atoms with E-state index in [2.05, 4.69) is 27.6 Å². The molecule has 222 valence electrons. The molecule has 0 radical (unpaired) electrons. The maximum atomic E-state index is 10.1. The van der Waals surface area contributed by atoms with Crippen LogP contribution in [0.2, 0.25) is 0 Å². The summed E-state index contributed by atoms with van der Waals surface area (Å²) < 4.78 is 6.76. The number of hydrogen-bond donors (Lipinski definition) is 6. The van der Waals surface area contributed by atoms with Crippen molar-refractivity contribution in [2.24, 2.45) is 0 Å². The first-order valence-corrected chi connectivity index (χ1v) is 12.8. The minimum Gasteiger partial charge on any atom is -0.508 e. The molecule has 0 unspecified atom stereocenters. The number of aromatic carboxylic acids is 1. The molecule has 0 spiro atoms. The van der Waals surface area contributed by atoms with Crippen LogP contribution in [0.1, 0.15) is 25.3 Å². The molecule has 0 aliphatic heterocycles. The Morgan fingerprint density at radius 3 is 1.43 bits per heavy atom. The smallest absolute Gasteiger partial charge is 0.354 e. The van der Waals surface area contributed by atoms with Gasteiger partial charge in [-0.3, -0.25) is 0 Å². The lowest BCUT2D eigenvalue weighted by atomic mass is 10.3. The fourth-order valence-corrected chi connectivity index (χ4v) is 3.38. The van der Waals surface area contributed by atoms with Gasteiger partial charge in [0.25, 0.3) is 0 Å². The predicted molar refractivity (Wildman–Crippen MR) is 183 cm³/mol. The molecule has 0 atom stereocenters. The van der Waals surface area contributed by atoms with Crippen LogP contribution >= 0.6 is 22.6 Å². The summed E-state index contributed by atoms with van der Waals surface area (Å²) in [5.41, 5.74) is 24.9. The highest BCUT2D eigenvalue weighted by molar-refractivity contribution is 14.1. The maximum absolute atomic E-state index is 10.1. The number of phenols is 1. The zero-order valence-electron chi connectivity index (χ0n) is 21.4. The van der Waals surface area contributed by atoms with Crippen LogP contribution in [-0.4, -0.2) is 21.2 Å². The van der Waals surface area contributed by atoms with Gasteiger partial charge in [-0.1, -0.05) is 45.2 Å². The van der Waals surface area contributed by atoms with Crippen molar-refractivity contribution in [3.63, 3.8) is 0 Å². The number of nitrogen functional groups attached to an aromatic ring is 4. The topological polar surface area (TPSA) is 184 Å². The van der Waals surface area contributed by atoms with Gasteiger partial charge in [0.2, 0.25) is 0 Å². The second-order valence-corrected chi connectivity index (χ2v) is 9.16. The minimum atomic E-state index is -0.990. The predicted octanol–water partition coefficient (Wildman–Crippen LogP) is 7.54. The van der Waals surface area contributed by atoms with E-state index in [1.165, 1.54) is 21.9 Å². The third-order valence-corrected chi connectivity index (χ3v) is 5.23. The SMILES string of the molecule is C.C.Nc1cccc(I)c1.Nc1cccc(O)c1.Nc1cccc(Oc2cccc(N)c2)c1.O=C(O)c1ccccn1. The minimum absolute atomic E-state index is 0. The highest BCUT2D eigenvalue weighted by Crippen LogP contribution is 2.24. The zero-order valence-corrected chi connectivity index (χ0v) is 23.6. The van der Waals surface area contributed by atoms with Crippen molar-refractivity contribution < 1.29 is 19.7 Å². The van der Waals surface area contributed by atoms with Crippen molar-refractivity contribution in [3.8, 4) is 17.2 Å². The largest absolute Gasteiger partial charge is 0.508 e. The molecule has 0 amide bonds. The number of nitrogens with zero attached hydrogens (tertiary/aromatic N) is 1. The summed E-state index contributed by atoms with van der Waals surface area (Å²) in [6, 6.07) is 33.6. The summed E-state index contributed by atoms with van der Waals surface area (Å²) >= 11 is 2.23. The average Bonchev–Trinajstić information content (AvgIpc) is 2.90. The molecule has 10 heteroatoms. The number of halogens is 1. The van der Waals surface area contributed by atoms with Crippen LogP contribution < -0.4 is 27.7 Å². The van der Waals surface area contributed by atoms with Gasteiger partial charge in [0, 0.05) is 50.7 Å². The maximum Gasteiger partial charge on any atom is 0.354 e. The highest BCUT2D eigenvalue weighted by atomic mass is 127. The quantitative estimate of drug-likeness (QED) is 0.0826. The van der Waals surface area contributed by atoms with Crippen LogP contribution in [0.3, 0.4) is 0 Å². The molecule has 4 aromatic carbocycles. The molecule has 0 bridgehead atoms. The Hall–Kier alpha value is -4.97. The average molecular weight is 684 g/mol. The Bertz CT molecular complexity index is 1370. The molecular weight excluding hydrogens is 645 g/mol. The van der Waals surface area contributed by atoms with Gasteiger partial charge in [0.1, 0.15) is 22.9 Å². The lowest BCUT2D eigenvalue weighted by Crippen LogP contribution is -1.97. The highest BCUT2D eigenvalue weighted by Gasteiger charge is 1.99. The molecule has 0 fully saturated rings. The first-order chi connectivity index (χ1) is 19.1. The Morgan fingerprint density at radius 2 is 1.12 bits per heavy atom. The molecule has 5 rings (SSSR count). The number of pyridine rings is 1. The van der Waals surface area contributed by atoms with Crippen molar-refractivity contribution in [1.82, 2.24) is 4.98 Å². The van der Waals surface area contributed by atoms with Crippen LogP contribution in [0.4, 0.5) is 22.7 Å². The Morgan fingerprint density at radius 1 is 0.643 bits per heavy atom. The summed E-state index contributed by atoms with van der Waals surface area (Å²) in [4.78, 5) is 13.7. The molecule has 1 heterocycles. The Labute approximate surface area is 260 Å². The van der Waals surface area contributed by atoms with Crippen LogP contribution in [-0.2, 0) is 0 Å². The Kier molecular flexibility index (Phi) is 17.6. The first-order valence-electron chi connectivity index (χ1n) is 11.7. The number of carboxylic acids is 1. The van der Waals surface area contributed by atoms with Gasteiger partial charge in [-0.2, -0.15) is 0 Å². The van der Waals surface area contributed by atoms with Gasteiger partial charge in [-0.25, -0.2) is 9.78 Å². The molecule has 0 saturated heterocycles. The summed E-state index contributed by atoms with van der Waals surface area (Å²) in [5, 5.41) is 17.1. The number of hydrogen-bond acceptors (Lipinski definition) is 8. The second kappa shape index (κ2) is 20.0. The van der Waals surface area contributed by atoms with Crippen molar-refractivity contribution in [2.45, 2.75) is 14.9 Å². The fraction of sp³-hybridized carbons (Fsp3) is 0.0625. The summed E-state index contributed by atoms with van der Waals surface area (Å²) in [6.45, 7) is 0. The molecular formula is C32H38IN5O4. The van der Waals surface area contributed by atoms with E-state index in [4.69, 9.17) is 37.9 Å². The molecule has 9 nitrogen and oxygen atoms in total. The van der Waals surface area contributed by atoms with Gasteiger partial charge < -0.3 is 37.9 Å².